The van der Waals surface area contributed by atoms with Crippen LogP contribution in [0.3, 0.4) is 0 Å². The topological polar surface area (TPSA) is 59.1 Å². The van der Waals surface area contributed by atoms with E-state index in [-0.39, 0.29) is 16.5 Å². The van der Waals surface area contributed by atoms with E-state index in [4.69, 9.17) is 9.47 Å². The van der Waals surface area contributed by atoms with Crippen LogP contribution in [0.2, 0.25) is 0 Å². The predicted molar refractivity (Wildman–Crippen MR) is 110 cm³/mol. The molecule has 1 aromatic rings. The molecule has 30 heavy (non-hydrogen) atoms. The molecule has 0 amide bonds. The number of nitrogens with zero attached hydrogens (tertiary/aromatic N) is 2. The van der Waals surface area contributed by atoms with E-state index in [1.54, 1.807) is 0 Å². The van der Waals surface area contributed by atoms with Crippen molar-refractivity contribution in [1.29, 1.82) is 0 Å². The number of rotatable bonds is 6. The van der Waals surface area contributed by atoms with Crippen LogP contribution in [0.5, 0.6) is 0 Å². The minimum absolute atomic E-state index is 0.0411. The molecule has 8 heteroatoms. The first-order valence-corrected chi connectivity index (χ1v) is 12.6. The van der Waals surface area contributed by atoms with Gasteiger partial charge in [0.05, 0.1) is 16.5 Å². The van der Waals surface area contributed by atoms with Crippen LogP contribution in [0.4, 0.5) is 4.39 Å². The molecule has 0 aromatic heterocycles. The highest BCUT2D eigenvalue weighted by atomic mass is 32.2. The lowest BCUT2D eigenvalue weighted by molar-refractivity contribution is -0.217. The van der Waals surface area contributed by atoms with Gasteiger partial charge in [-0.15, -0.1) is 0 Å². The van der Waals surface area contributed by atoms with Gasteiger partial charge in [0.2, 0.25) is 10.0 Å². The van der Waals surface area contributed by atoms with Crippen molar-refractivity contribution in [2.45, 2.75) is 61.1 Å². The van der Waals surface area contributed by atoms with E-state index in [2.05, 4.69) is 4.90 Å². The monoisotopic (exact) mass is 438 g/mol. The van der Waals surface area contributed by atoms with Crippen molar-refractivity contribution in [3.8, 4) is 0 Å². The zero-order valence-corrected chi connectivity index (χ0v) is 18.2. The molecule has 6 nitrogen and oxygen atoms in total. The van der Waals surface area contributed by atoms with Crippen LogP contribution < -0.4 is 0 Å². The summed E-state index contributed by atoms with van der Waals surface area (Å²) >= 11 is 0. The smallest absolute Gasteiger partial charge is 0.243 e. The van der Waals surface area contributed by atoms with Crippen molar-refractivity contribution in [3.05, 3.63) is 30.1 Å². The van der Waals surface area contributed by atoms with Crippen molar-refractivity contribution < 1.29 is 22.3 Å². The fraction of sp³-hybridized carbons (Fsp3) is 0.727. The van der Waals surface area contributed by atoms with E-state index >= 15 is 0 Å². The lowest BCUT2D eigenvalue weighted by Crippen LogP contribution is -2.76. The number of likely N-dealkylation sites (tertiary alicyclic amines) is 1. The highest BCUT2D eigenvalue weighted by Gasteiger charge is 2.57. The molecular formula is C22H31FN2O4S. The van der Waals surface area contributed by atoms with Gasteiger partial charge in [0.15, 0.2) is 0 Å². The Kier molecular flexibility index (Phi) is 5.64. The van der Waals surface area contributed by atoms with Gasteiger partial charge < -0.3 is 9.47 Å². The summed E-state index contributed by atoms with van der Waals surface area (Å²) in [6, 6.07) is 5.66. The lowest BCUT2D eigenvalue weighted by Gasteiger charge is -2.63. The van der Waals surface area contributed by atoms with Crippen LogP contribution in [0, 0.1) is 11.7 Å². The maximum Gasteiger partial charge on any atom is 0.243 e. The molecule has 1 atom stereocenters. The van der Waals surface area contributed by atoms with Gasteiger partial charge >= 0.3 is 0 Å². The Bertz CT molecular complexity index is 862. The van der Waals surface area contributed by atoms with Gasteiger partial charge in [-0.1, -0.05) is 6.07 Å². The Morgan fingerprint density at radius 1 is 1.13 bits per heavy atom. The Labute approximate surface area is 178 Å². The van der Waals surface area contributed by atoms with Gasteiger partial charge in [0.25, 0.3) is 0 Å². The highest BCUT2D eigenvalue weighted by molar-refractivity contribution is 7.89. The normalized spacial score (nSPS) is 28.5. The summed E-state index contributed by atoms with van der Waals surface area (Å²) in [5.74, 6) is 0.234. The van der Waals surface area contributed by atoms with E-state index in [0.717, 1.165) is 64.0 Å². The van der Waals surface area contributed by atoms with Crippen molar-refractivity contribution in [1.82, 2.24) is 9.21 Å². The predicted octanol–water partition coefficient (Wildman–Crippen LogP) is 2.64. The first kappa shape index (κ1) is 20.8. The number of halogens is 1. The molecule has 0 radical (unpaired) electrons. The summed E-state index contributed by atoms with van der Waals surface area (Å²) in [4.78, 5) is 2.62. The van der Waals surface area contributed by atoms with E-state index < -0.39 is 15.8 Å². The van der Waals surface area contributed by atoms with Gasteiger partial charge in [-0.2, -0.15) is 4.31 Å². The molecular weight excluding hydrogens is 407 g/mol. The highest BCUT2D eigenvalue weighted by Crippen LogP contribution is 2.45. The summed E-state index contributed by atoms with van der Waals surface area (Å²) in [6.07, 6.45) is 6.44. The van der Waals surface area contributed by atoms with E-state index in [1.807, 2.05) is 0 Å². The third-order valence-corrected chi connectivity index (χ3v) is 9.32. The molecule has 1 spiro atoms. The van der Waals surface area contributed by atoms with Crippen molar-refractivity contribution in [2.75, 3.05) is 39.5 Å². The van der Waals surface area contributed by atoms with Crippen LogP contribution >= 0.6 is 0 Å². The number of hydrogen-bond acceptors (Lipinski definition) is 5. The second kappa shape index (κ2) is 8.13. The van der Waals surface area contributed by atoms with Gasteiger partial charge in [0, 0.05) is 45.5 Å². The van der Waals surface area contributed by atoms with E-state index in [1.165, 1.54) is 35.3 Å². The molecule has 0 bridgehead atoms. The molecule has 4 fully saturated rings. The molecule has 3 heterocycles. The summed E-state index contributed by atoms with van der Waals surface area (Å²) in [5, 5.41) is 0. The number of ether oxygens (including phenoxy) is 2. The lowest BCUT2D eigenvalue weighted by atomic mass is 9.73. The average Bonchev–Trinajstić information content (AvgIpc) is 3.58. The van der Waals surface area contributed by atoms with E-state index in [0.29, 0.717) is 19.1 Å². The fourth-order valence-electron chi connectivity index (χ4n) is 5.36. The molecule has 5 rings (SSSR count). The van der Waals surface area contributed by atoms with Crippen molar-refractivity contribution in [2.24, 2.45) is 5.92 Å². The molecule has 1 unspecified atom stereocenters. The van der Waals surface area contributed by atoms with Crippen LogP contribution in [-0.4, -0.2) is 74.8 Å². The van der Waals surface area contributed by atoms with E-state index in [9.17, 15) is 12.8 Å². The maximum absolute atomic E-state index is 13.5. The summed E-state index contributed by atoms with van der Waals surface area (Å²) in [5.41, 5.74) is 0.0570. The zero-order valence-electron chi connectivity index (χ0n) is 17.3. The fourth-order valence-corrected chi connectivity index (χ4v) is 6.87. The molecule has 1 aliphatic carbocycles. The zero-order chi connectivity index (χ0) is 20.8. The van der Waals surface area contributed by atoms with Gasteiger partial charge in [-0.05, 0) is 62.6 Å². The summed E-state index contributed by atoms with van der Waals surface area (Å²) in [7, 11) is -3.65. The first-order chi connectivity index (χ1) is 14.5. The second-order valence-electron chi connectivity index (χ2n) is 9.23. The minimum Gasteiger partial charge on any atom is -0.381 e. The van der Waals surface area contributed by atoms with Gasteiger partial charge in [-0.3, -0.25) is 4.90 Å². The molecule has 166 valence electrons. The standard InChI is InChI=1S/C22H31FN2O4S/c23-18-2-1-3-20(14-18)30(26,27)24-10-6-19(7-11-24)25-15-21(29-16-17-4-5-17)22(25)8-12-28-13-9-22/h1-3,14,17,19,21H,4-13,15-16H2. The largest absolute Gasteiger partial charge is 0.381 e. The van der Waals surface area contributed by atoms with Crippen LogP contribution in [0.1, 0.15) is 38.5 Å². The number of piperidine rings is 1. The second-order valence-corrected chi connectivity index (χ2v) is 11.2. The van der Waals surface area contributed by atoms with Crippen molar-refractivity contribution >= 4 is 10.0 Å². The summed E-state index contributed by atoms with van der Waals surface area (Å²) in [6.45, 7) is 4.30. The SMILES string of the molecule is O=S(=O)(c1cccc(F)c1)N1CCC(N2CC(OCC3CC3)C23CCOCC3)CC1. The number of hydrogen-bond donors (Lipinski definition) is 0. The number of sulfonamides is 1. The van der Waals surface area contributed by atoms with Gasteiger partial charge in [0.1, 0.15) is 5.82 Å². The molecule has 3 saturated heterocycles. The van der Waals surface area contributed by atoms with Crippen LogP contribution in [0.25, 0.3) is 0 Å². The Hall–Kier alpha value is -1.06. The molecule has 0 N–H and O–H groups in total. The Balaban J connectivity index is 1.23. The Morgan fingerprint density at radius 3 is 2.53 bits per heavy atom. The molecule has 1 saturated carbocycles. The first-order valence-electron chi connectivity index (χ1n) is 11.2. The van der Waals surface area contributed by atoms with Crippen LogP contribution in [0.15, 0.2) is 29.2 Å². The molecule has 3 aliphatic heterocycles. The molecule has 4 aliphatic rings. The quantitative estimate of drug-likeness (QED) is 0.684. The van der Waals surface area contributed by atoms with Gasteiger partial charge in [-0.25, -0.2) is 12.8 Å². The number of benzene rings is 1. The van der Waals surface area contributed by atoms with Crippen LogP contribution in [-0.2, 0) is 19.5 Å². The Morgan fingerprint density at radius 2 is 1.87 bits per heavy atom. The summed E-state index contributed by atoms with van der Waals surface area (Å²) < 4.78 is 52.8. The third kappa shape index (κ3) is 3.81. The maximum atomic E-state index is 13.5. The average molecular weight is 439 g/mol. The molecule has 1 aromatic carbocycles. The van der Waals surface area contributed by atoms with Crippen molar-refractivity contribution in [3.63, 3.8) is 0 Å². The minimum atomic E-state index is -3.65. The third-order valence-electron chi connectivity index (χ3n) is 7.42.